The number of nitriles is 1. The number of nitrogens with zero attached hydrogens (tertiary/aromatic N) is 1. The second kappa shape index (κ2) is 7.32. The average Bonchev–Trinajstić information content (AvgIpc) is 2.40. The van der Waals surface area contributed by atoms with Crippen LogP contribution in [-0.2, 0) is 0 Å². The lowest BCUT2D eigenvalue weighted by Gasteiger charge is -2.08. The Balaban J connectivity index is 2.90. The summed E-state index contributed by atoms with van der Waals surface area (Å²) in [5, 5.41) is 12.2. The Morgan fingerprint density at radius 2 is 2.00 bits per heavy atom. The maximum absolute atomic E-state index is 12.8. The Morgan fingerprint density at radius 3 is 2.53 bits per heavy atom. The molecule has 1 rings (SSSR count). The molecule has 0 aliphatic heterocycles. The summed E-state index contributed by atoms with van der Waals surface area (Å²) in [4.78, 5) is 12.1. The molecule has 1 N–H and O–H groups in total. The van der Waals surface area contributed by atoms with Crippen LogP contribution in [0.2, 0.25) is 0 Å². The first kappa shape index (κ1) is 14.9. The van der Waals surface area contributed by atoms with Crippen LogP contribution in [0.3, 0.4) is 0 Å². The summed E-state index contributed by atoms with van der Waals surface area (Å²) in [7, 11) is 0. The van der Waals surface area contributed by atoms with Gasteiger partial charge >= 0.3 is 0 Å². The van der Waals surface area contributed by atoms with Crippen molar-refractivity contribution in [1.82, 2.24) is 5.32 Å². The van der Waals surface area contributed by atoms with Gasteiger partial charge in [0.1, 0.15) is 17.5 Å². The van der Waals surface area contributed by atoms with E-state index in [2.05, 4.69) is 12.2 Å². The van der Waals surface area contributed by atoms with Crippen molar-refractivity contribution in [2.75, 3.05) is 6.54 Å². The highest BCUT2D eigenvalue weighted by Crippen LogP contribution is 2.11. The molecule has 1 aromatic rings. The Labute approximate surface area is 112 Å². The van der Waals surface area contributed by atoms with Crippen molar-refractivity contribution in [2.45, 2.75) is 26.7 Å². The quantitative estimate of drug-likeness (QED) is 0.370. The average molecular weight is 260 g/mol. The monoisotopic (exact) mass is 260 g/mol. The summed E-state index contributed by atoms with van der Waals surface area (Å²) in [6, 6.07) is 7.10. The van der Waals surface area contributed by atoms with Gasteiger partial charge in [-0.2, -0.15) is 5.26 Å². The van der Waals surface area contributed by atoms with E-state index in [1.54, 1.807) is 6.92 Å². The lowest BCUT2D eigenvalue weighted by molar-refractivity contribution is 0.103. The normalized spacial score (nSPS) is 11.5. The highest BCUT2D eigenvalue weighted by Gasteiger charge is 2.14. The number of halogens is 1. The summed E-state index contributed by atoms with van der Waals surface area (Å²) >= 11 is 0. The molecule has 0 aliphatic carbocycles. The molecule has 19 heavy (non-hydrogen) atoms. The zero-order chi connectivity index (χ0) is 14.3. The van der Waals surface area contributed by atoms with Gasteiger partial charge in [0.2, 0.25) is 5.78 Å². The fourth-order valence-corrected chi connectivity index (χ4v) is 1.59. The van der Waals surface area contributed by atoms with Crippen LogP contribution in [0.25, 0.3) is 0 Å². The lowest BCUT2D eigenvalue weighted by Crippen LogP contribution is -2.17. The van der Waals surface area contributed by atoms with E-state index in [1.807, 2.05) is 6.07 Å². The van der Waals surface area contributed by atoms with Gasteiger partial charge in [-0.25, -0.2) is 4.39 Å². The lowest BCUT2D eigenvalue weighted by atomic mass is 10.0. The molecule has 0 saturated heterocycles. The van der Waals surface area contributed by atoms with Crippen molar-refractivity contribution in [2.24, 2.45) is 0 Å². The largest absolute Gasteiger partial charge is 0.387 e. The molecule has 0 fully saturated rings. The number of allylic oxidation sites excluding steroid dienone is 2. The Hall–Kier alpha value is -2.15. The van der Waals surface area contributed by atoms with Gasteiger partial charge in [-0.15, -0.1) is 0 Å². The molecule has 1 aromatic carbocycles. The molecule has 4 heteroatoms. The van der Waals surface area contributed by atoms with Gasteiger partial charge in [0, 0.05) is 17.8 Å². The summed E-state index contributed by atoms with van der Waals surface area (Å²) in [6.07, 6.45) is 2.01. The summed E-state index contributed by atoms with van der Waals surface area (Å²) in [5.74, 6) is -0.791. The van der Waals surface area contributed by atoms with Crippen molar-refractivity contribution in [3.05, 3.63) is 46.9 Å². The predicted molar refractivity (Wildman–Crippen MR) is 72.0 cm³/mol. The predicted octanol–water partition coefficient (Wildman–Crippen LogP) is 3.20. The molecule has 0 amide bonds. The smallest absolute Gasteiger partial charge is 0.205 e. The van der Waals surface area contributed by atoms with Crippen LogP contribution in [-0.4, -0.2) is 12.3 Å². The number of carbonyl (C=O) groups excluding carboxylic acids is 1. The van der Waals surface area contributed by atoms with E-state index in [0.717, 1.165) is 19.4 Å². The highest BCUT2D eigenvalue weighted by atomic mass is 19.1. The minimum absolute atomic E-state index is 0.0720. The van der Waals surface area contributed by atoms with E-state index >= 15 is 0 Å². The first-order valence-electron chi connectivity index (χ1n) is 6.25. The number of Topliss-reactive ketones (excluding diaryl/α,β-unsaturated/α-hetero) is 1. The maximum Gasteiger partial charge on any atom is 0.205 e. The van der Waals surface area contributed by atoms with E-state index in [0.29, 0.717) is 11.3 Å². The number of carbonyl (C=O) groups is 1. The maximum atomic E-state index is 12.8. The second-order valence-corrected chi connectivity index (χ2v) is 4.23. The molecule has 0 saturated carbocycles. The van der Waals surface area contributed by atoms with Crippen molar-refractivity contribution in [3.8, 4) is 6.07 Å². The minimum atomic E-state index is -0.406. The van der Waals surface area contributed by atoms with E-state index in [9.17, 15) is 9.18 Å². The third-order valence-corrected chi connectivity index (χ3v) is 2.74. The van der Waals surface area contributed by atoms with E-state index in [1.165, 1.54) is 24.3 Å². The van der Waals surface area contributed by atoms with Crippen molar-refractivity contribution in [3.63, 3.8) is 0 Å². The molecular formula is C15H17FN2O. The molecule has 0 aromatic heterocycles. The minimum Gasteiger partial charge on any atom is -0.387 e. The number of benzene rings is 1. The third-order valence-electron chi connectivity index (χ3n) is 2.74. The Bertz CT molecular complexity index is 512. The van der Waals surface area contributed by atoms with Crippen LogP contribution in [0, 0.1) is 17.1 Å². The Morgan fingerprint density at radius 1 is 1.37 bits per heavy atom. The van der Waals surface area contributed by atoms with Gasteiger partial charge in [0.15, 0.2) is 0 Å². The van der Waals surface area contributed by atoms with Gasteiger partial charge in [-0.05, 0) is 37.6 Å². The molecule has 0 bridgehead atoms. The van der Waals surface area contributed by atoms with Gasteiger partial charge in [-0.3, -0.25) is 4.79 Å². The SMILES string of the molecule is CCCCN/C(C)=C(\C#N)C(=O)c1ccc(F)cc1. The molecular weight excluding hydrogens is 243 g/mol. The van der Waals surface area contributed by atoms with Crippen molar-refractivity contribution in [1.29, 1.82) is 5.26 Å². The number of hydrogen-bond donors (Lipinski definition) is 1. The molecule has 0 radical (unpaired) electrons. The van der Waals surface area contributed by atoms with Crippen LogP contribution in [0.1, 0.15) is 37.0 Å². The highest BCUT2D eigenvalue weighted by molar-refractivity contribution is 6.11. The zero-order valence-corrected chi connectivity index (χ0v) is 11.2. The topological polar surface area (TPSA) is 52.9 Å². The first-order valence-corrected chi connectivity index (χ1v) is 6.25. The van der Waals surface area contributed by atoms with E-state index in [4.69, 9.17) is 5.26 Å². The van der Waals surface area contributed by atoms with Crippen molar-refractivity contribution >= 4 is 5.78 Å². The third kappa shape index (κ3) is 4.22. The summed E-state index contributed by atoms with van der Waals surface area (Å²) < 4.78 is 12.8. The van der Waals surface area contributed by atoms with Crippen LogP contribution in [0.15, 0.2) is 35.5 Å². The zero-order valence-electron chi connectivity index (χ0n) is 11.2. The fourth-order valence-electron chi connectivity index (χ4n) is 1.59. The van der Waals surface area contributed by atoms with Gasteiger partial charge in [0.25, 0.3) is 0 Å². The molecule has 100 valence electrons. The van der Waals surface area contributed by atoms with Crippen LogP contribution in [0.4, 0.5) is 4.39 Å². The number of nitrogens with one attached hydrogen (secondary N) is 1. The van der Waals surface area contributed by atoms with Crippen molar-refractivity contribution < 1.29 is 9.18 Å². The van der Waals surface area contributed by atoms with E-state index in [-0.39, 0.29) is 11.4 Å². The van der Waals surface area contributed by atoms with Gasteiger partial charge < -0.3 is 5.32 Å². The molecule has 0 spiro atoms. The molecule has 0 aliphatic rings. The first-order chi connectivity index (χ1) is 9.10. The number of ketones is 1. The molecule has 0 heterocycles. The summed E-state index contributed by atoms with van der Waals surface area (Å²) in [5.41, 5.74) is 0.947. The van der Waals surface area contributed by atoms with Gasteiger partial charge in [0.05, 0.1) is 0 Å². The standard InChI is InChI=1S/C15H17FN2O/c1-3-4-9-18-11(2)14(10-17)15(19)12-5-7-13(16)8-6-12/h5-8,18H,3-4,9H2,1-2H3/b14-11+. The molecule has 0 unspecified atom stereocenters. The number of rotatable bonds is 6. The molecule has 3 nitrogen and oxygen atoms in total. The summed E-state index contributed by atoms with van der Waals surface area (Å²) in [6.45, 7) is 4.50. The second-order valence-electron chi connectivity index (χ2n) is 4.23. The van der Waals surface area contributed by atoms with Crippen LogP contribution in [0.5, 0.6) is 0 Å². The van der Waals surface area contributed by atoms with E-state index < -0.39 is 5.82 Å². The fraction of sp³-hybridized carbons (Fsp3) is 0.333. The number of unbranched alkanes of at least 4 members (excludes halogenated alkanes) is 1. The van der Waals surface area contributed by atoms with Gasteiger partial charge in [-0.1, -0.05) is 13.3 Å². The van der Waals surface area contributed by atoms with Crippen LogP contribution >= 0.6 is 0 Å². The number of hydrogen-bond acceptors (Lipinski definition) is 3. The Kier molecular flexibility index (Phi) is 5.74. The van der Waals surface area contributed by atoms with Crippen LogP contribution < -0.4 is 5.32 Å². The molecule has 0 atom stereocenters.